The van der Waals surface area contributed by atoms with Gasteiger partial charge in [-0.1, -0.05) is 12.1 Å². The van der Waals surface area contributed by atoms with Crippen LogP contribution in [0, 0.1) is 0 Å². The third-order valence-electron chi connectivity index (χ3n) is 2.62. The van der Waals surface area contributed by atoms with Gasteiger partial charge in [0.1, 0.15) is 5.69 Å². The second-order valence-corrected chi connectivity index (χ2v) is 5.36. The molecule has 19 heavy (non-hydrogen) atoms. The van der Waals surface area contributed by atoms with E-state index in [1.165, 1.54) is 9.75 Å². The summed E-state index contributed by atoms with van der Waals surface area (Å²) in [7, 11) is 0. The Balaban J connectivity index is 1.91. The normalized spacial score (nSPS) is 10.6. The van der Waals surface area contributed by atoms with E-state index >= 15 is 0 Å². The molecule has 0 atom stereocenters. The summed E-state index contributed by atoms with van der Waals surface area (Å²) in [6.07, 6.45) is 2.89. The third kappa shape index (κ3) is 3.87. The second-order valence-electron chi connectivity index (χ2n) is 4.11. The number of hydrogen-bond acceptors (Lipinski definition) is 5. The summed E-state index contributed by atoms with van der Waals surface area (Å²) < 4.78 is 1.77. The number of carbonyl (C=O) groups is 1. The Labute approximate surface area is 115 Å². The first kappa shape index (κ1) is 13.7. The van der Waals surface area contributed by atoms with Gasteiger partial charge in [0.15, 0.2) is 0 Å². The van der Waals surface area contributed by atoms with Crippen molar-refractivity contribution >= 4 is 17.2 Å². The van der Waals surface area contributed by atoms with Gasteiger partial charge < -0.3 is 11.1 Å². The molecule has 2 heterocycles. The number of nitrogens with two attached hydrogens (primary N) is 1. The van der Waals surface area contributed by atoms with Crippen LogP contribution < -0.4 is 11.1 Å². The highest BCUT2D eigenvalue weighted by Gasteiger charge is 2.05. The fourth-order valence-corrected chi connectivity index (χ4v) is 2.57. The first-order chi connectivity index (χ1) is 9.21. The van der Waals surface area contributed by atoms with E-state index in [2.05, 4.69) is 34.7 Å². The lowest BCUT2D eigenvalue weighted by Gasteiger charge is -1.98. The summed E-state index contributed by atoms with van der Waals surface area (Å²) in [4.78, 5) is 13.6. The molecule has 0 spiro atoms. The van der Waals surface area contributed by atoms with Gasteiger partial charge in [-0.05, 0) is 18.6 Å². The molecule has 102 valence electrons. The number of nitrogens with zero attached hydrogens (tertiary/aromatic N) is 3. The van der Waals surface area contributed by atoms with E-state index in [0.29, 0.717) is 13.1 Å². The van der Waals surface area contributed by atoms with Crippen molar-refractivity contribution in [3.63, 3.8) is 0 Å². The van der Waals surface area contributed by atoms with E-state index in [1.807, 2.05) is 6.20 Å². The molecule has 0 aromatic carbocycles. The largest absolute Gasteiger partial charge is 0.349 e. The number of hydrogen-bond donors (Lipinski definition) is 2. The molecule has 1 amide bonds. The molecule has 2 aromatic heterocycles. The highest BCUT2D eigenvalue weighted by Crippen LogP contribution is 2.17. The Bertz CT molecular complexity index is 548. The fourth-order valence-electron chi connectivity index (χ4n) is 1.62. The molecule has 3 N–H and O–H groups in total. The lowest BCUT2D eigenvalue weighted by atomic mass is 10.3. The Morgan fingerprint density at radius 3 is 2.95 bits per heavy atom. The zero-order chi connectivity index (χ0) is 13.7. The van der Waals surface area contributed by atoms with Crippen LogP contribution in [0.5, 0.6) is 0 Å². The van der Waals surface area contributed by atoms with Gasteiger partial charge in [0.2, 0.25) is 5.91 Å². The van der Waals surface area contributed by atoms with E-state index in [9.17, 15) is 4.79 Å². The number of aryl methyl sites for hydroxylation is 1. The van der Waals surface area contributed by atoms with Crippen LogP contribution in [0.4, 0.5) is 0 Å². The Hall–Kier alpha value is -1.73. The zero-order valence-electron chi connectivity index (χ0n) is 10.8. The molecule has 0 saturated heterocycles. The standard InChI is InChI=1S/C12H17N5OS/c1-2-10-3-4-11(19-10)8-17-7-9(15-16-17)6-14-12(18)5-13/h3-4,7H,2,5-6,8,13H2,1H3,(H,14,18). The van der Waals surface area contributed by atoms with Crippen LogP contribution in [0.2, 0.25) is 0 Å². The maximum atomic E-state index is 11.0. The number of carbonyl (C=O) groups excluding carboxylic acids is 1. The maximum absolute atomic E-state index is 11.0. The molecule has 6 nitrogen and oxygen atoms in total. The van der Waals surface area contributed by atoms with E-state index in [0.717, 1.165) is 12.1 Å². The molecule has 0 bridgehead atoms. The van der Waals surface area contributed by atoms with Crippen molar-refractivity contribution in [2.45, 2.75) is 26.4 Å². The number of nitrogens with one attached hydrogen (secondary N) is 1. The van der Waals surface area contributed by atoms with Crippen molar-refractivity contribution < 1.29 is 4.79 Å². The quantitative estimate of drug-likeness (QED) is 0.807. The van der Waals surface area contributed by atoms with Crippen LogP contribution in [0.25, 0.3) is 0 Å². The van der Waals surface area contributed by atoms with E-state index in [1.54, 1.807) is 16.0 Å². The summed E-state index contributed by atoms with van der Waals surface area (Å²) in [5, 5.41) is 10.7. The van der Waals surface area contributed by atoms with Gasteiger partial charge in [-0.3, -0.25) is 4.79 Å². The number of rotatable bonds is 6. The molecular formula is C12H17N5OS. The van der Waals surface area contributed by atoms with Crippen molar-refractivity contribution in [1.82, 2.24) is 20.3 Å². The molecule has 7 heteroatoms. The molecule has 0 saturated carbocycles. The van der Waals surface area contributed by atoms with E-state index < -0.39 is 0 Å². The van der Waals surface area contributed by atoms with Gasteiger partial charge in [0.25, 0.3) is 0 Å². The minimum atomic E-state index is -0.194. The van der Waals surface area contributed by atoms with Gasteiger partial charge in [-0.25, -0.2) is 4.68 Å². The smallest absolute Gasteiger partial charge is 0.234 e. The monoisotopic (exact) mass is 279 g/mol. The predicted octanol–water partition coefficient (Wildman–Crippen LogP) is 0.525. The zero-order valence-corrected chi connectivity index (χ0v) is 11.6. The fraction of sp³-hybridized carbons (Fsp3) is 0.417. The highest BCUT2D eigenvalue weighted by atomic mass is 32.1. The minimum absolute atomic E-state index is 0.0108. The van der Waals surface area contributed by atoms with Crippen LogP contribution in [0.15, 0.2) is 18.3 Å². The van der Waals surface area contributed by atoms with Crippen molar-refractivity contribution in [3.8, 4) is 0 Å². The highest BCUT2D eigenvalue weighted by molar-refractivity contribution is 7.11. The van der Waals surface area contributed by atoms with Crippen molar-refractivity contribution in [2.75, 3.05) is 6.54 Å². The van der Waals surface area contributed by atoms with E-state index in [-0.39, 0.29) is 12.5 Å². The molecule has 0 radical (unpaired) electrons. The number of aromatic nitrogens is 3. The van der Waals surface area contributed by atoms with Gasteiger partial charge in [0.05, 0.1) is 25.8 Å². The lowest BCUT2D eigenvalue weighted by molar-refractivity contribution is -0.119. The van der Waals surface area contributed by atoms with Crippen LogP contribution in [0.3, 0.4) is 0 Å². The topological polar surface area (TPSA) is 85.8 Å². The molecule has 2 rings (SSSR count). The molecule has 0 aliphatic rings. The van der Waals surface area contributed by atoms with Crippen LogP contribution in [-0.2, 0) is 24.3 Å². The number of amides is 1. The van der Waals surface area contributed by atoms with Crippen molar-refractivity contribution in [2.24, 2.45) is 5.73 Å². The van der Waals surface area contributed by atoms with Gasteiger partial charge in [-0.2, -0.15) is 0 Å². The van der Waals surface area contributed by atoms with Crippen molar-refractivity contribution in [3.05, 3.63) is 33.8 Å². The molecule has 0 aliphatic carbocycles. The van der Waals surface area contributed by atoms with Gasteiger partial charge in [0, 0.05) is 9.75 Å². The molecule has 0 unspecified atom stereocenters. The average Bonchev–Trinajstić information content (AvgIpc) is 3.05. The Kier molecular flexibility index (Phi) is 4.64. The van der Waals surface area contributed by atoms with Gasteiger partial charge in [-0.15, -0.1) is 16.4 Å². The second kappa shape index (κ2) is 6.44. The molecule has 0 fully saturated rings. The average molecular weight is 279 g/mol. The van der Waals surface area contributed by atoms with Gasteiger partial charge >= 0.3 is 0 Å². The summed E-state index contributed by atoms with van der Waals surface area (Å²) in [6.45, 7) is 3.20. The van der Waals surface area contributed by atoms with Crippen molar-refractivity contribution in [1.29, 1.82) is 0 Å². The Morgan fingerprint density at radius 2 is 2.26 bits per heavy atom. The summed E-state index contributed by atoms with van der Waals surface area (Å²) in [5.41, 5.74) is 5.94. The summed E-state index contributed by atoms with van der Waals surface area (Å²) in [5.74, 6) is -0.194. The van der Waals surface area contributed by atoms with E-state index in [4.69, 9.17) is 5.73 Å². The maximum Gasteiger partial charge on any atom is 0.234 e. The first-order valence-electron chi connectivity index (χ1n) is 6.14. The first-order valence-corrected chi connectivity index (χ1v) is 6.96. The SMILES string of the molecule is CCc1ccc(Cn2cc(CNC(=O)CN)nn2)s1. The lowest BCUT2D eigenvalue weighted by Crippen LogP contribution is -2.29. The molecular weight excluding hydrogens is 262 g/mol. The minimum Gasteiger partial charge on any atom is -0.349 e. The summed E-state index contributed by atoms with van der Waals surface area (Å²) in [6, 6.07) is 4.25. The Morgan fingerprint density at radius 1 is 1.47 bits per heavy atom. The predicted molar refractivity (Wildman–Crippen MR) is 73.7 cm³/mol. The third-order valence-corrected chi connectivity index (χ3v) is 3.84. The van der Waals surface area contributed by atoms with Crippen LogP contribution in [0.1, 0.15) is 22.4 Å². The van der Waals surface area contributed by atoms with Crippen LogP contribution in [-0.4, -0.2) is 27.4 Å². The van der Waals surface area contributed by atoms with Crippen LogP contribution >= 0.6 is 11.3 Å². The summed E-state index contributed by atoms with van der Waals surface area (Å²) >= 11 is 1.78. The molecule has 2 aromatic rings. The number of thiophene rings is 1. The molecule has 0 aliphatic heterocycles.